The first-order valence-corrected chi connectivity index (χ1v) is 9.65. The number of hydrogen-bond donors (Lipinski definition) is 1. The van der Waals surface area contributed by atoms with Crippen molar-refractivity contribution in [2.45, 2.75) is 19.4 Å². The first-order chi connectivity index (χ1) is 13.2. The van der Waals surface area contributed by atoms with E-state index in [-0.39, 0.29) is 11.4 Å². The van der Waals surface area contributed by atoms with Crippen LogP contribution in [0.3, 0.4) is 0 Å². The fourth-order valence-corrected chi connectivity index (χ4v) is 4.66. The number of H-pyrrole nitrogens is 1. The molecule has 5 nitrogen and oxygen atoms in total. The van der Waals surface area contributed by atoms with Crippen LogP contribution in [-0.2, 0) is 13.0 Å². The number of hydrogen-bond acceptors (Lipinski definition) is 5. The van der Waals surface area contributed by atoms with Crippen LogP contribution in [0.4, 0.5) is 10.1 Å². The van der Waals surface area contributed by atoms with E-state index in [1.165, 1.54) is 17.4 Å². The van der Waals surface area contributed by atoms with Crippen molar-refractivity contribution < 1.29 is 8.81 Å². The minimum absolute atomic E-state index is 0.201. The van der Waals surface area contributed by atoms with Gasteiger partial charge in [-0.05, 0) is 36.6 Å². The van der Waals surface area contributed by atoms with Crippen LogP contribution in [0.25, 0.3) is 21.5 Å². The van der Waals surface area contributed by atoms with E-state index in [2.05, 4.69) is 9.97 Å². The molecule has 3 aromatic heterocycles. The number of fused-ring (bicyclic) bond motifs is 2. The van der Waals surface area contributed by atoms with Crippen LogP contribution >= 0.6 is 11.3 Å². The van der Waals surface area contributed by atoms with E-state index in [1.807, 2.05) is 22.4 Å². The second kappa shape index (κ2) is 6.35. The molecule has 0 aliphatic carbocycles. The molecule has 1 aliphatic rings. The smallest absolute Gasteiger partial charge is 0.260 e. The lowest BCUT2D eigenvalue weighted by Gasteiger charge is -2.31. The molecule has 0 atom stereocenters. The van der Waals surface area contributed by atoms with Gasteiger partial charge >= 0.3 is 0 Å². The summed E-state index contributed by atoms with van der Waals surface area (Å²) in [6.07, 6.45) is 3.39. The topological polar surface area (TPSA) is 62.1 Å². The van der Waals surface area contributed by atoms with Gasteiger partial charge in [0.2, 0.25) is 0 Å². The zero-order valence-corrected chi connectivity index (χ0v) is 15.2. The van der Waals surface area contributed by atoms with Crippen molar-refractivity contribution >= 4 is 27.2 Å². The molecular weight excluding hydrogens is 365 g/mol. The zero-order valence-electron chi connectivity index (χ0n) is 14.4. The summed E-state index contributed by atoms with van der Waals surface area (Å²) in [5.41, 5.74) is 2.16. The van der Waals surface area contributed by atoms with Gasteiger partial charge in [0.25, 0.3) is 5.56 Å². The van der Waals surface area contributed by atoms with Gasteiger partial charge in [0.05, 0.1) is 23.9 Å². The minimum atomic E-state index is -0.230. The monoisotopic (exact) mass is 381 g/mol. The molecule has 0 fully saturated rings. The molecule has 0 radical (unpaired) electrons. The highest BCUT2D eigenvalue weighted by Crippen LogP contribution is 2.32. The molecule has 0 unspecified atom stereocenters. The Morgan fingerprint density at radius 1 is 1.30 bits per heavy atom. The number of furan rings is 1. The van der Waals surface area contributed by atoms with Gasteiger partial charge in [-0.1, -0.05) is 12.1 Å². The quantitative estimate of drug-likeness (QED) is 0.574. The number of rotatable bonds is 3. The van der Waals surface area contributed by atoms with Gasteiger partial charge in [0.15, 0.2) is 0 Å². The summed E-state index contributed by atoms with van der Waals surface area (Å²) < 4.78 is 19.8. The van der Waals surface area contributed by atoms with E-state index in [9.17, 15) is 9.18 Å². The van der Waals surface area contributed by atoms with E-state index in [4.69, 9.17) is 4.42 Å². The van der Waals surface area contributed by atoms with E-state index in [0.29, 0.717) is 34.0 Å². The molecule has 7 heteroatoms. The van der Waals surface area contributed by atoms with Gasteiger partial charge in [-0.25, -0.2) is 9.37 Å². The molecule has 0 saturated carbocycles. The van der Waals surface area contributed by atoms with Gasteiger partial charge < -0.3 is 14.3 Å². The minimum Gasteiger partial charge on any atom is -0.464 e. The third-order valence-corrected chi connectivity index (χ3v) is 5.75. The zero-order chi connectivity index (χ0) is 18.4. The maximum absolute atomic E-state index is 14.4. The SMILES string of the molecule is O=c1[nH]c(CN2CCCc3cccc(F)c32)nc2scc(-c3ccco3)c12. The Balaban J connectivity index is 1.54. The molecule has 1 aromatic carbocycles. The highest BCUT2D eigenvalue weighted by molar-refractivity contribution is 7.17. The Bertz CT molecular complexity index is 1180. The number of aromatic amines is 1. The van der Waals surface area contributed by atoms with Crippen LogP contribution in [0.5, 0.6) is 0 Å². The number of nitrogens with one attached hydrogen (secondary N) is 1. The number of anilines is 1. The number of aryl methyl sites for hydroxylation is 1. The standard InChI is InChI=1S/C20H16FN3O2S/c21-14-6-1-4-12-5-2-8-24(18(12)14)10-16-22-19(25)17-13(11-27-20(17)23-16)15-7-3-9-26-15/h1,3-4,6-7,9,11H,2,5,8,10H2,(H,22,23,25). The third-order valence-electron chi connectivity index (χ3n) is 4.88. The van der Waals surface area contributed by atoms with Crippen molar-refractivity contribution in [3.63, 3.8) is 0 Å². The van der Waals surface area contributed by atoms with Crippen LogP contribution < -0.4 is 10.5 Å². The highest BCUT2D eigenvalue weighted by atomic mass is 32.1. The summed E-state index contributed by atoms with van der Waals surface area (Å²) >= 11 is 1.41. The fraction of sp³-hybridized carbons (Fsp3) is 0.200. The number of nitrogens with zero attached hydrogens (tertiary/aromatic N) is 2. The van der Waals surface area contributed by atoms with Gasteiger partial charge in [-0.15, -0.1) is 11.3 Å². The lowest BCUT2D eigenvalue weighted by atomic mass is 10.0. The third kappa shape index (κ3) is 2.75. The molecule has 0 spiro atoms. The van der Waals surface area contributed by atoms with E-state index >= 15 is 0 Å². The van der Waals surface area contributed by atoms with E-state index < -0.39 is 0 Å². The van der Waals surface area contributed by atoms with Crippen molar-refractivity contribution in [1.82, 2.24) is 9.97 Å². The number of halogens is 1. The first-order valence-electron chi connectivity index (χ1n) is 8.77. The van der Waals surface area contributed by atoms with Gasteiger partial charge in [-0.3, -0.25) is 4.79 Å². The Kier molecular flexibility index (Phi) is 3.82. The first kappa shape index (κ1) is 16.3. The van der Waals surface area contributed by atoms with Crippen molar-refractivity contribution in [3.8, 4) is 11.3 Å². The molecular formula is C20H16FN3O2S. The molecule has 4 heterocycles. The predicted molar refractivity (Wildman–Crippen MR) is 104 cm³/mol. The second-order valence-corrected chi connectivity index (χ2v) is 7.45. The molecule has 136 valence electrons. The molecule has 1 N–H and O–H groups in total. The van der Waals surface area contributed by atoms with Crippen LogP contribution in [0.15, 0.2) is 51.2 Å². The maximum atomic E-state index is 14.4. The number of para-hydroxylation sites is 1. The van der Waals surface area contributed by atoms with Gasteiger partial charge in [-0.2, -0.15) is 0 Å². The Hall–Kier alpha value is -2.93. The number of benzene rings is 1. The average molecular weight is 381 g/mol. The maximum Gasteiger partial charge on any atom is 0.260 e. The van der Waals surface area contributed by atoms with Crippen LogP contribution in [0.1, 0.15) is 17.8 Å². The van der Waals surface area contributed by atoms with Crippen molar-refractivity contribution in [3.05, 3.63) is 69.5 Å². The van der Waals surface area contributed by atoms with Crippen LogP contribution in [0.2, 0.25) is 0 Å². The van der Waals surface area contributed by atoms with Crippen LogP contribution in [-0.4, -0.2) is 16.5 Å². The summed E-state index contributed by atoms with van der Waals surface area (Å²) in [6, 6.07) is 8.79. The molecule has 27 heavy (non-hydrogen) atoms. The molecule has 1 aliphatic heterocycles. The van der Waals surface area contributed by atoms with Crippen molar-refractivity contribution in [2.75, 3.05) is 11.4 Å². The Morgan fingerprint density at radius 2 is 2.22 bits per heavy atom. The molecule has 5 rings (SSSR count). The summed E-state index contributed by atoms with van der Waals surface area (Å²) in [5.74, 6) is 0.955. The van der Waals surface area contributed by atoms with Crippen molar-refractivity contribution in [2.24, 2.45) is 0 Å². The normalized spacial score (nSPS) is 13.9. The van der Waals surface area contributed by atoms with E-state index in [0.717, 1.165) is 30.5 Å². The predicted octanol–water partition coefficient (Wildman–Crippen LogP) is 4.34. The van der Waals surface area contributed by atoms with E-state index in [1.54, 1.807) is 18.4 Å². The number of aromatic nitrogens is 2. The molecule has 0 amide bonds. The lowest BCUT2D eigenvalue weighted by molar-refractivity contribution is 0.583. The Morgan fingerprint density at radius 3 is 3.07 bits per heavy atom. The number of thiophene rings is 1. The largest absolute Gasteiger partial charge is 0.464 e. The summed E-state index contributed by atoms with van der Waals surface area (Å²) in [7, 11) is 0. The molecule has 0 saturated heterocycles. The lowest BCUT2D eigenvalue weighted by Crippen LogP contribution is -2.31. The van der Waals surface area contributed by atoms with Gasteiger partial charge in [0, 0.05) is 17.5 Å². The van der Waals surface area contributed by atoms with Gasteiger partial charge in [0.1, 0.15) is 22.2 Å². The van der Waals surface area contributed by atoms with Crippen molar-refractivity contribution in [1.29, 1.82) is 0 Å². The second-order valence-electron chi connectivity index (χ2n) is 6.59. The summed E-state index contributed by atoms with van der Waals surface area (Å²) in [5, 5.41) is 2.41. The average Bonchev–Trinajstić information content (AvgIpc) is 3.31. The van der Waals surface area contributed by atoms with Crippen LogP contribution in [0, 0.1) is 5.82 Å². The summed E-state index contributed by atoms with van der Waals surface area (Å²) in [6.45, 7) is 1.10. The highest BCUT2D eigenvalue weighted by Gasteiger charge is 2.22. The summed E-state index contributed by atoms with van der Waals surface area (Å²) in [4.78, 5) is 22.8. The fourth-order valence-electron chi connectivity index (χ4n) is 3.71. The Labute approximate surface area is 158 Å². The molecule has 4 aromatic rings. The molecule has 0 bridgehead atoms.